The van der Waals surface area contributed by atoms with E-state index in [1.807, 2.05) is 12.1 Å². The maximum atomic E-state index is 5.39. The molecule has 0 radical (unpaired) electrons. The Morgan fingerprint density at radius 3 is 2.86 bits per heavy atom. The Morgan fingerprint density at radius 1 is 1.24 bits per heavy atom. The average Bonchev–Trinajstić information content (AvgIpc) is 2.91. The topological polar surface area (TPSA) is 24.5 Å². The summed E-state index contributed by atoms with van der Waals surface area (Å²) >= 11 is 0. The molecule has 0 saturated carbocycles. The number of likely N-dealkylation sites (tertiary alicyclic amines) is 1. The Hall–Kier alpha value is -1.32. The lowest BCUT2D eigenvalue weighted by atomic mass is 9.78. The van der Waals surface area contributed by atoms with Gasteiger partial charge in [-0.05, 0) is 50.4 Å². The summed E-state index contributed by atoms with van der Waals surface area (Å²) in [6, 6.07) is 8.19. The first-order valence-electron chi connectivity index (χ1n) is 8.04. The monoisotopic (exact) mass is 286 g/mol. The molecule has 2 heterocycles. The fourth-order valence-corrected chi connectivity index (χ4v) is 3.68. The second-order valence-corrected chi connectivity index (χ2v) is 6.38. The fourth-order valence-electron chi connectivity index (χ4n) is 3.68. The van der Waals surface area contributed by atoms with Crippen molar-refractivity contribution in [3.8, 4) is 5.75 Å². The van der Waals surface area contributed by atoms with Crippen molar-refractivity contribution in [3.05, 3.63) is 35.9 Å². The van der Waals surface area contributed by atoms with E-state index in [1.54, 1.807) is 7.11 Å². The predicted molar refractivity (Wildman–Crippen MR) is 87.6 cm³/mol. The van der Waals surface area contributed by atoms with Gasteiger partial charge in [-0.2, -0.15) is 0 Å². The van der Waals surface area contributed by atoms with Crippen LogP contribution in [0, 0.1) is 5.41 Å². The largest absolute Gasteiger partial charge is 0.496 e. The van der Waals surface area contributed by atoms with Gasteiger partial charge in [0.1, 0.15) is 5.75 Å². The molecular formula is C18H26N2O. The van der Waals surface area contributed by atoms with Gasteiger partial charge in [0, 0.05) is 18.7 Å². The van der Waals surface area contributed by atoms with Crippen molar-refractivity contribution in [2.75, 3.05) is 39.8 Å². The van der Waals surface area contributed by atoms with Crippen molar-refractivity contribution in [2.45, 2.75) is 19.3 Å². The van der Waals surface area contributed by atoms with Crippen LogP contribution in [0.1, 0.15) is 24.8 Å². The molecule has 0 aromatic heterocycles. The lowest BCUT2D eigenvalue weighted by Crippen LogP contribution is -2.38. The maximum Gasteiger partial charge on any atom is 0.126 e. The maximum absolute atomic E-state index is 5.39. The number of hydrogen-bond acceptors (Lipinski definition) is 3. The number of methoxy groups -OCH3 is 1. The second-order valence-electron chi connectivity index (χ2n) is 6.38. The Bertz CT molecular complexity index is 492. The van der Waals surface area contributed by atoms with Crippen molar-refractivity contribution in [3.63, 3.8) is 0 Å². The quantitative estimate of drug-likeness (QED) is 0.921. The van der Waals surface area contributed by atoms with Crippen LogP contribution in [0.3, 0.4) is 0 Å². The molecule has 0 aliphatic carbocycles. The van der Waals surface area contributed by atoms with E-state index in [2.05, 4.69) is 34.5 Å². The van der Waals surface area contributed by atoms with Crippen molar-refractivity contribution < 1.29 is 4.74 Å². The smallest absolute Gasteiger partial charge is 0.126 e. The highest BCUT2D eigenvalue weighted by molar-refractivity contribution is 5.57. The van der Waals surface area contributed by atoms with Gasteiger partial charge in [-0.15, -0.1) is 0 Å². The third-order valence-corrected chi connectivity index (χ3v) is 4.98. The van der Waals surface area contributed by atoms with Gasteiger partial charge >= 0.3 is 0 Å². The van der Waals surface area contributed by atoms with Crippen molar-refractivity contribution >= 4 is 6.08 Å². The lowest BCUT2D eigenvalue weighted by molar-refractivity contribution is 0.202. The van der Waals surface area contributed by atoms with Gasteiger partial charge in [-0.1, -0.05) is 30.4 Å². The first kappa shape index (κ1) is 14.6. The van der Waals surface area contributed by atoms with Crippen LogP contribution in [0.4, 0.5) is 0 Å². The summed E-state index contributed by atoms with van der Waals surface area (Å²) in [4.78, 5) is 2.59. The third-order valence-electron chi connectivity index (χ3n) is 4.98. The van der Waals surface area contributed by atoms with E-state index < -0.39 is 0 Å². The van der Waals surface area contributed by atoms with Crippen LogP contribution in [0.25, 0.3) is 6.08 Å². The van der Waals surface area contributed by atoms with Crippen LogP contribution in [0.5, 0.6) is 5.75 Å². The zero-order valence-electron chi connectivity index (χ0n) is 13.0. The molecule has 1 aromatic rings. The van der Waals surface area contributed by atoms with Gasteiger partial charge in [0.2, 0.25) is 0 Å². The number of para-hydroxylation sites is 1. The molecule has 0 amide bonds. The summed E-state index contributed by atoms with van der Waals surface area (Å²) in [7, 11) is 1.73. The van der Waals surface area contributed by atoms with Gasteiger partial charge in [0.25, 0.3) is 0 Å². The zero-order chi connectivity index (χ0) is 14.5. The predicted octanol–water partition coefficient (Wildman–Crippen LogP) is 2.78. The molecule has 0 bridgehead atoms. The number of ether oxygens (including phenoxy) is 1. The normalized spacial score (nSPS) is 22.1. The number of piperidine rings is 1. The van der Waals surface area contributed by atoms with Crippen molar-refractivity contribution in [2.24, 2.45) is 5.41 Å². The minimum atomic E-state index is 0.601. The van der Waals surface area contributed by atoms with Crippen LogP contribution < -0.4 is 10.1 Å². The van der Waals surface area contributed by atoms with E-state index in [1.165, 1.54) is 45.4 Å². The SMILES string of the molecule is COc1ccccc1C=CCN1CCC2(CCNCC2)C1. The molecule has 1 aromatic carbocycles. The molecule has 2 aliphatic rings. The molecule has 1 spiro atoms. The third kappa shape index (κ3) is 3.47. The molecule has 0 atom stereocenters. The number of nitrogens with one attached hydrogen (secondary N) is 1. The Balaban J connectivity index is 1.55. The highest BCUT2D eigenvalue weighted by Crippen LogP contribution is 2.38. The summed E-state index contributed by atoms with van der Waals surface area (Å²) in [6.45, 7) is 5.96. The van der Waals surface area contributed by atoms with Crippen LogP contribution in [-0.4, -0.2) is 44.7 Å². The van der Waals surface area contributed by atoms with Gasteiger partial charge in [0.15, 0.2) is 0 Å². The summed E-state index contributed by atoms with van der Waals surface area (Å²) in [6.07, 6.45) is 8.53. The Labute approximate surface area is 128 Å². The van der Waals surface area contributed by atoms with E-state index in [9.17, 15) is 0 Å². The first-order chi connectivity index (χ1) is 10.3. The molecule has 3 nitrogen and oxygen atoms in total. The summed E-state index contributed by atoms with van der Waals surface area (Å²) in [5.41, 5.74) is 1.76. The summed E-state index contributed by atoms with van der Waals surface area (Å²) < 4.78 is 5.39. The van der Waals surface area contributed by atoms with Gasteiger partial charge in [0.05, 0.1) is 7.11 Å². The summed E-state index contributed by atoms with van der Waals surface area (Å²) in [5, 5.41) is 3.48. The second kappa shape index (κ2) is 6.63. The molecule has 21 heavy (non-hydrogen) atoms. The van der Waals surface area contributed by atoms with E-state index in [4.69, 9.17) is 4.74 Å². The van der Waals surface area contributed by atoms with Crippen LogP contribution >= 0.6 is 0 Å². The Morgan fingerprint density at radius 2 is 2.05 bits per heavy atom. The molecular weight excluding hydrogens is 260 g/mol. The molecule has 3 rings (SSSR count). The highest BCUT2D eigenvalue weighted by Gasteiger charge is 2.38. The molecule has 1 N–H and O–H groups in total. The van der Waals surface area contributed by atoms with Crippen LogP contribution in [0.15, 0.2) is 30.3 Å². The minimum absolute atomic E-state index is 0.601. The van der Waals surface area contributed by atoms with Gasteiger partial charge < -0.3 is 10.1 Å². The summed E-state index contributed by atoms with van der Waals surface area (Å²) in [5.74, 6) is 0.949. The number of rotatable bonds is 4. The zero-order valence-corrected chi connectivity index (χ0v) is 13.0. The molecule has 0 unspecified atom stereocenters. The fraction of sp³-hybridized carbons (Fsp3) is 0.556. The standard InChI is InChI=1S/C18H26N2O/c1-21-17-7-3-2-5-16(17)6-4-13-20-14-10-18(15-20)8-11-19-12-9-18/h2-7,19H,8-15H2,1H3. The number of benzene rings is 1. The molecule has 2 aliphatic heterocycles. The van der Waals surface area contributed by atoms with Crippen molar-refractivity contribution in [1.82, 2.24) is 10.2 Å². The number of hydrogen-bond donors (Lipinski definition) is 1. The van der Waals surface area contributed by atoms with Crippen molar-refractivity contribution in [1.29, 1.82) is 0 Å². The van der Waals surface area contributed by atoms with Gasteiger partial charge in [-0.3, -0.25) is 4.90 Å². The average molecular weight is 286 g/mol. The Kier molecular flexibility index (Phi) is 4.61. The molecule has 114 valence electrons. The van der Waals surface area contributed by atoms with E-state index in [0.29, 0.717) is 5.41 Å². The number of nitrogens with zero attached hydrogens (tertiary/aromatic N) is 1. The van der Waals surface area contributed by atoms with Crippen LogP contribution in [-0.2, 0) is 0 Å². The van der Waals surface area contributed by atoms with Crippen LogP contribution in [0.2, 0.25) is 0 Å². The van der Waals surface area contributed by atoms with E-state index in [0.717, 1.165) is 17.9 Å². The first-order valence-corrected chi connectivity index (χ1v) is 8.04. The highest BCUT2D eigenvalue weighted by atomic mass is 16.5. The molecule has 3 heteroatoms. The van der Waals surface area contributed by atoms with E-state index in [-0.39, 0.29) is 0 Å². The minimum Gasteiger partial charge on any atom is -0.496 e. The van der Waals surface area contributed by atoms with Gasteiger partial charge in [-0.25, -0.2) is 0 Å². The molecule has 2 saturated heterocycles. The lowest BCUT2D eigenvalue weighted by Gasteiger charge is -2.33. The van der Waals surface area contributed by atoms with E-state index >= 15 is 0 Å². The molecule has 2 fully saturated rings.